The van der Waals surface area contributed by atoms with Crippen molar-refractivity contribution in [2.75, 3.05) is 10.6 Å². The molecule has 170 valence electrons. The number of para-hydroxylation sites is 1. The number of hydrogen-bond acceptors (Lipinski definition) is 3. The summed E-state index contributed by atoms with van der Waals surface area (Å²) in [5.41, 5.74) is 2.42. The van der Waals surface area contributed by atoms with E-state index in [9.17, 15) is 19.5 Å². The molecule has 0 unspecified atom stereocenters. The number of anilines is 2. The van der Waals surface area contributed by atoms with E-state index in [4.69, 9.17) is 0 Å². The number of aliphatic carboxylic acids is 1. The Kier molecular flexibility index (Phi) is 7.56. The van der Waals surface area contributed by atoms with Crippen molar-refractivity contribution in [1.82, 2.24) is 5.32 Å². The van der Waals surface area contributed by atoms with Crippen LogP contribution in [0.4, 0.5) is 16.2 Å². The van der Waals surface area contributed by atoms with Crippen LogP contribution >= 0.6 is 15.9 Å². The summed E-state index contributed by atoms with van der Waals surface area (Å²) in [6.45, 7) is 3.82. The van der Waals surface area contributed by atoms with Crippen LogP contribution in [0.15, 0.2) is 40.9 Å². The third kappa shape index (κ3) is 5.88. The van der Waals surface area contributed by atoms with Crippen molar-refractivity contribution < 1.29 is 19.5 Å². The van der Waals surface area contributed by atoms with Gasteiger partial charge >= 0.3 is 12.0 Å². The molecule has 0 aromatic heterocycles. The minimum absolute atomic E-state index is 0.120. The first-order valence-corrected chi connectivity index (χ1v) is 11.5. The van der Waals surface area contributed by atoms with Gasteiger partial charge in [-0.3, -0.25) is 9.59 Å². The number of aryl methyl sites for hydroxylation is 2. The highest BCUT2D eigenvalue weighted by atomic mass is 79.9. The van der Waals surface area contributed by atoms with Gasteiger partial charge in [0.05, 0.1) is 23.2 Å². The first kappa shape index (κ1) is 23.8. The van der Waals surface area contributed by atoms with Crippen LogP contribution in [0.2, 0.25) is 0 Å². The molecule has 3 rings (SSSR count). The number of carbonyl (C=O) groups excluding carboxylic acids is 2. The lowest BCUT2D eigenvalue weighted by molar-refractivity contribution is -0.139. The third-order valence-corrected chi connectivity index (χ3v) is 6.37. The Morgan fingerprint density at radius 1 is 1.00 bits per heavy atom. The summed E-state index contributed by atoms with van der Waals surface area (Å²) in [5.74, 6) is -1.34. The molecule has 3 amide bonds. The molecular weight excluding hydrogens is 474 g/mol. The molecule has 7 nitrogen and oxygen atoms in total. The largest absolute Gasteiger partial charge is 0.481 e. The molecule has 2 aromatic carbocycles. The normalized spacial score (nSPS) is 15.0. The van der Waals surface area contributed by atoms with Crippen molar-refractivity contribution in [2.45, 2.75) is 57.9 Å². The summed E-state index contributed by atoms with van der Waals surface area (Å²) in [7, 11) is 0. The van der Waals surface area contributed by atoms with E-state index < -0.39 is 23.4 Å². The molecular formula is C24H28BrN3O4. The first-order valence-electron chi connectivity index (χ1n) is 10.7. The van der Waals surface area contributed by atoms with Crippen molar-refractivity contribution in [1.29, 1.82) is 0 Å². The number of halogens is 1. The highest BCUT2D eigenvalue weighted by Gasteiger charge is 2.36. The molecule has 1 saturated carbocycles. The lowest BCUT2D eigenvalue weighted by Gasteiger charge is -2.37. The van der Waals surface area contributed by atoms with E-state index in [2.05, 4.69) is 31.9 Å². The van der Waals surface area contributed by atoms with Crippen LogP contribution < -0.4 is 16.0 Å². The molecule has 0 saturated heterocycles. The topological polar surface area (TPSA) is 108 Å². The van der Waals surface area contributed by atoms with E-state index in [0.717, 1.165) is 30.4 Å². The monoisotopic (exact) mass is 501 g/mol. The molecule has 1 fully saturated rings. The average Bonchev–Trinajstić information content (AvgIpc) is 2.71. The maximum absolute atomic E-state index is 13.2. The number of amides is 3. The lowest BCUT2D eigenvalue weighted by Crippen LogP contribution is -2.51. The lowest BCUT2D eigenvalue weighted by atomic mass is 9.79. The highest BCUT2D eigenvalue weighted by Crippen LogP contribution is 2.32. The number of rotatable bonds is 6. The Morgan fingerprint density at radius 2 is 1.66 bits per heavy atom. The molecule has 0 atom stereocenters. The van der Waals surface area contributed by atoms with Crippen LogP contribution in [0.5, 0.6) is 0 Å². The average molecular weight is 502 g/mol. The van der Waals surface area contributed by atoms with Crippen LogP contribution in [0.1, 0.15) is 60.0 Å². The number of carboxylic acids is 1. The van der Waals surface area contributed by atoms with Gasteiger partial charge in [0, 0.05) is 10.2 Å². The Labute approximate surface area is 196 Å². The standard InChI is InChI=1S/C24H28BrN3O4/c1-15-7-6-8-16(2)21(15)27-23(32)26-19-13-17(25)9-10-18(19)22(31)28-24(14-20(29)30)11-4-3-5-12-24/h6-10,13H,3-5,11-12,14H2,1-2H3,(H,28,31)(H,29,30)(H2,26,27,32). The van der Waals surface area contributed by atoms with Gasteiger partial charge in [0.15, 0.2) is 0 Å². The summed E-state index contributed by atoms with van der Waals surface area (Å²) in [6.07, 6.45) is 3.90. The first-order chi connectivity index (χ1) is 15.2. The van der Waals surface area contributed by atoms with Crippen molar-refractivity contribution in [3.8, 4) is 0 Å². The van der Waals surface area contributed by atoms with Gasteiger partial charge < -0.3 is 21.1 Å². The number of carboxylic acid groups (broad SMARTS) is 1. The number of benzene rings is 2. The molecule has 32 heavy (non-hydrogen) atoms. The smallest absolute Gasteiger partial charge is 0.323 e. The van der Waals surface area contributed by atoms with Crippen LogP contribution in [-0.2, 0) is 4.79 Å². The summed E-state index contributed by atoms with van der Waals surface area (Å²) >= 11 is 3.39. The predicted molar refractivity (Wildman–Crippen MR) is 128 cm³/mol. The van der Waals surface area contributed by atoms with E-state index in [-0.39, 0.29) is 12.0 Å². The summed E-state index contributed by atoms with van der Waals surface area (Å²) in [5, 5.41) is 18.0. The van der Waals surface area contributed by atoms with Gasteiger partial charge in [0.2, 0.25) is 0 Å². The van der Waals surface area contributed by atoms with E-state index in [0.29, 0.717) is 28.7 Å². The quantitative estimate of drug-likeness (QED) is 0.412. The second-order valence-corrected chi connectivity index (χ2v) is 9.32. The summed E-state index contributed by atoms with van der Waals surface area (Å²) in [6, 6.07) is 10.3. The molecule has 2 aromatic rings. The summed E-state index contributed by atoms with van der Waals surface area (Å²) < 4.78 is 0.703. The maximum atomic E-state index is 13.2. The zero-order valence-corrected chi connectivity index (χ0v) is 19.8. The van der Waals surface area contributed by atoms with E-state index in [1.54, 1.807) is 18.2 Å². The van der Waals surface area contributed by atoms with E-state index in [1.165, 1.54) is 0 Å². The van der Waals surface area contributed by atoms with E-state index in [1.807, 2.05) is 32.0 Å². The SMILES string of the molecule is Cc1cccc(C)c1NC(=O)Nc1cc(Br)ccc1C(=O)NC1(CC(=O)O)CCCCC1. The van der Waals surface area contributed by atoms with Crippen molar-refractivity contribution >= 4 is 45.2 Å². The Morgan fingerprint density at radius 3 is 2.28 bits per heavy atom. The molecule has 0 bridgehead atoms. The maximum Gasteiger partial charge on any atom is 0.323 e. The van der Waals surface area contributed by atoms with Gasteiger partial charge in [-0.1, -0.05) is 53.4 Å². The van der Waals surface area contributed by atoms with Gasteiger partial charge in [0.25, 0.3) is 5.91 Å². The van der Waals surface area contributed by atoms with Gasteiger partial charge in [-0.15, -0.1) is 0 Å². The molecule has 0 aliphatic heterocycles. The van der Waals surface area contributed by atoms with Crippen LogP contribution in [-0.4, -0.2) is 28.6 Å². The van der Waals surface area contributed by atoms with Crippen molar-refractivity contribution in [3.05, 3.63) is 57.6 Å². The highest BCUT2D eigenvalue weighted by molar-refractivity contribution is 9.10. The molecule has 0 radical (unpaired) electrons. The summed E-state index contributed by atoms with van der Waals surface area (Å²) in [4.78, 5) is 37.4. The van der Waals surface area contributed by atoms with Crippen LogP contribution in [0.25, 0.3) is 0 Å². The van der Waals surface area contributed by atoms with Gasteiger partial charge in [-0.25, -0.2) is 4.79 Å². The Balaban J connectivity index is 1.81. The molecule has 0 heterocycles. The fourth-order valence-corrected chi connectivity index (χ4v) is 4.63. The molecule has 8 heteroatoms. The van der Waals surface area contributed by atoms with Crippen molar-refractivity contribution in [3.63, 3.8) is 0 Å². The van der Waals surface area contributed by atoms with Gasteiger partial charge in [0.1, 0.15) is 0 Å². The number of urea groups is 1. The fraction of sp³-hybridized carbons (Fsp3) is 0.375. The Hall–Kier alpha value is -2.87. The fourth-order valence-electron chi connectivity index (χ4n) is 4.27. The zero-order valence-electron chi connectivity index (χ0n) is 18.3. The van der Waals surface area contributed by atoms with Crippen LogP contribution in [0.3, 0.4) is 0 Å². The molecule has 0 spiro atoms. The van der Waals surface area contributed by atoms with Crippen LogP contribution in [0, 0.1) is 13.8 Å². The third-order valence-electron chi connectivity index (χ3n) is 5.87. The molecule has 1 aliphatic carbocycles. The Bertz CT molecular complexity index is 1010. The van der Waals surface area contributed by atoms with E-state index >= 15 is 0 Å². The minimum Gasteiger partial charge on any atom is -0.481 e. The second-order valence-electron chi connectivity index (χ2n) is 8.40. The minimum atomic E-state index is -0.936. The van der Waals surface area contributed by atoms with Gasteiger partial charge in [-0.2, -0.15) is 0 Å². The predicted octanol–water partition coefficient (Wildman–Crippen LogP) is 5.62. The number of hydrogen-bond donors (Lipinski definition) is 4. The van der Waals surface area contributed by atoms with Crippen molar-refractivity contribution in [2.24, 2.45) is 0 Å². The second kappa shape index (κ2) is 10.2. The zero-order chi connectivity index (χ0) is 23.3. The number of nitrogens with one attached hydrogen (secondary N) is 3. The molecule has 1 aliphatic rings. The molecule has 4 N–H and O–H groups in total. The van der Waals surface area contributed by atoms with Gasteiger partial charge in [-0.05, 0) is 56.0 Å². The number of carbonyl (C=O) groups is 3.